The van der Waals surface area contributed by atoms with E-state index in [0.717, 1.165) is 44.2 Å². The smallest absolute Gasteiger partial charge is 0.410 e. The molecule has 2 heterocycles. The highest BCUT2D eigenvalue weighted by molar-refractivity contribution is 5.68. The van der Waals surface area contributed by atoms with Gasteiger partial charge >= 0.3 is 12.2 Å². The Morgan fingerprint density at radius 2 is 1.68 bits per heavy atom. The fourth-order valence-electron chi connectivity index (χ4n) is 12.2. The van der Waals surface area contributed by atoms with E-state index in [1.54, 1.807) is 7.05 Å². The number of nitrogens with zero attached hydrogens (tertiary/aromatic N) is 1. The van der Waals surface area contributed by atoms with Crippen LogP contribution in [-0.2, 0) is 14.2 Å². The normalized spacial score (nSPS) is 47.9. The van der Waals surface area contributed by atoms with E-state index in [1.807, 2.05) is 4.90 Å². The number of amides is 2. The van der Waals surface area contributed by atoms with E-state index in [9.17, 15) is 9.59 Å². The Morgan fingerprint density at radius 1 is 0.927 bits per heavy atom. The molecule has 5 aliphatic carbocycles. The van der Waals surface area contributed by atoms with Crippen molar-refractivity contribution in [2.45, 2.75) is 130 Å². The quantitative estimate of drug-likeness (QED) is 0.403. The maximum Gasteiger partial charge on any atom is 0.410 e. The average Bonchev–Trinajstić information content (AvgIpc) is 3.47. The zero-order valence-corrected chi connectivity index (χ0v) is 26.4. The van der Waals surface area contributed by atoms with Crippen molar-refractivity contribution in [1.29, 1.82) is 0 Å². The van der Waals surface area contributed by atoms with Crippen molar-refractivity contribution in [2.24, 2.45) is 51.2 Å². The van der Waals surface area contributed by atoms with Crippen molar-refractivity contribution < 1.29 is 23.8 Å². The van der Waals surface area contributed by atoms with Crippen LogP contribution in [0.1, 0.15) is 105 Å². The molecule has 7 nitrogen and oxygen atoms in total. The number of fused-ring (bicyclic) bond motifs is 4. The fourth-order valence-corrected chi connectivity index (χ4v) is 12.2. The Hall–Kier alpha value is -1.50. The van der Waals surface area contributed by atoms with E-state index in [-0.39, 0.29) is 41.8 Å². The van der Waals surface area contributed by atoms with Gasteiger partial charge in [0.15, 0.2) is 0 Å². The lowest BCUT2D eigenvalue weighted by molar-refractivity contribution is -0.151. The van der Waals surface area contributed by atoms with Crippen LogP contribution in [0.3, 0.4) is 0 Å². The van der Waals surface area contributed by atoms with Gasteiger partial charge in [-0.15, -0.1) is 0 Å². The van der Waals surface area contributed by atoms with Crippen LogP contribution < -0.4 is 5.32 Å². The molecule has 7 heteroatoms. The first-order valence-electron chi connectivity index (χ1n) is 17.0. The number of hydrogen-bond donors (Lipinski definition) is 1. The summed E-state index contributed by atoms with van der Waals surface area (Å²) in [7, 11) is 1.66. The van der Waals surface area contributed by atoms with Crippen LogP contribution in [0.5, 0.6) is 0 Å². The Labute approximate surface area is 247 Å². The molecule has 7 fully saturated rings. The Morgan fingerprint density at radius 3 is 2.37 bits per heavy atom. The molecular formula is C34H54N2O5. The first-order valence-corrected chi connectivity index (χ1v) is 17.0. The number of carbonyl (C=O) groups excluding carboxylic acids is 2. The van der Waals surface area contributed by atoms with Gasteiger partial charge in [-0.05, 0) is 116 Å². The molecule has 230 valence electrons. The highest BCUT2D eigenvalue weighted by Crippen LogP contribution is 2.87. The minimum absolute atomic E-state index is 0.00455. The van der Waals surface area contributed by atoms with Crippen molar-refractivity contribution in [1.82, 2.24) is 10.2 Å². The molecule has 5 saturated carbocycles. The number of nitrogens with one attached hydrogen (secondary N) is 1. The third kappa shape index (κ3) is 3.91. The molecule has 7 rings (SSSR count). The third-order valence-electron chi connectivity index (χ3n) is 14.4. The van der Waals surface area contributed by atoms with E-state index in [4.69, 9.17) is 14.2 Å². The number of carbonyl (C=O) groups is 2. The van der Waals surface area contributed by atoms with Crippen molar-refractivity contribution in [3.8, 4) is 0 Å². The minimum Gasteiger partial charge on any atom is -0.446 e. The van der Waals surface area contributed by atoms with Crippen LogP contribution in [0, 0.1) is 51.2 Å². The van der Waals surface area contributed by atoms with Crippen LogP contribution in [0.2, 0.25) is 0 Å². The summed E-state index contributed by atoms with van der Waals surface area (Å²) in [6.45, 7) is 13.4. The van der Waals surface area contributed by atoms with Gasteiger partial charge in [0, 0.05) is 25.6 Å². The maximum absolute atomic E-state index is 12.7. The largest absolute Gasteiger partial charge is 0.446 e. The molecule has 2 aliphatic heterocycles. The average molecular weight is 571 g/mol. The summed E-state index contributed by atoms with van der Waals surface area (Å²) in [5.74, 6) is 3.03. The standard InChI is InChI=1S/C34H54N2O5/c1-20(2)28(41-30(38)36-16-7-17-36)24-10-8-22-25(39-24)18-23-21-9-11-26-31(3,4)27(40-29(37)35-6)12-13-34(26)19-33(21,34)15-14-32(22,23)5/h20-28H,7-19H2,1-6H3,(H,35,37). The number of hydrogen-bond acceptors (Lipinski definition) is 5. The molecule has 41 heavy (non-hydrogen) atoms. The topological polar surface area (TPSA) is 77.1 Å². The zero-order chi connectivity index (χ0) is 28.9. The van der Waals surface area contributed by atoms with Gasteiger partial charge in [-0.3, -0.25) is 0 Å². The first kappa shape index (κ1) is 28.3. The molecule has 0 radical (unpaired) electrons. The summed E-state index contributed by atoms with van der Waals surface area (Å²) in [5, 5.41) is 2.68. The summed E-state index contributed by atoms with van der Waals surface area (Å²) in [4.78, 5) is 26.7. The van der Waals surface area contributed by atoms with Crippen LogP contribution in [-0.4, -0.2) is 61.6 Å². The van der Waals surface area contributed by atoms with Gasteiger partial charge in [0.1, 0.15) is 12.2 Å². The lowest BCUT2D eigenvalue weighted by Crippen LogP contribution is -2.55. The fraction of sp³-hybridized carbons (Fsp3) is 0.941. The SMILES string of the molecule is CNC(=O)OC1CCC23CC24CCC2(C)C5CCC(C(OC(=O)N6CCC6)C(C)C)OC5CC2C4CCC3C1(C)C. The lowest BCUT2D eigenvalue weighted by Gasteiger charge is -2.59. The second kappa shape index (κ2) is 9.50. The lowest BCUT2D eigenvalue weighted by atomic mass is 9.46. The molecule has 2 saturated heterocycles. The molecule has 0 aromatic heterocycles. The van der Waals surface area contributed by atoms with Gasteiger partial charge in [-0.25, -0.2) is 9.59 Å². The molecule has 0 aromatic rings. The number of rotatable bonds is 4. The Kier molecular flexibility index (Phi) is 6.55. The molecule has 11 unspecified atom stereocenters. The molecule has 1 N–H and O–H groups in total. The second-order valence-electron chi connectivity index (χ2n) is 16.4. The van der Waals surface area contributed by atoms with E-state index in [1.165, 1.54) is 51.4 Å². The van der Waals surface area contributed by atoms with Crippen molar-refractivity contribution >= 4 is 12.2 Å². The molecule has 0 aromatic carbocycles. The highest BCUT2D eigenvalue weighted by atomic mass is 16.6. The van der Waals surface area contributed by atoms with E-state index in [0.29, 0.717) is 34.2 Å². The van der Waals surface area contributed by atoms with Gasteiger partial charge in [-0.1, -0.05) is 34.6 Å². The monoisotopic (exact) mass is 570 g/mol. The van der Waals surface area contributed by atoms with Gasteiger partial charge in [0.05, 0.1) is 12.2 Å². The molecule has 2 amide bonds. The minimum atomic E-state index is -0.284. The third-order valence-corrected chi connectivity index (χ3v) is 14.4. The number of alkyl carbamates (subject to hydrolysis) is 1. The summed E-state index contributed by atoms with van der Waals surface area (Å²) >= 11 is 0. The molecule has 7 aliphatic rings. The molecule has 0 bridgehead atoms. The van der Waals surface area contributed by atoms with Crippen LogP contribution in [0.15, 0.2) is 0 Å². The van der Waals surface area contributed by atoms with Crippen molar-refractivity contribution in [3.63, 3.8) is 0 Å². The summed E-state index contributed by atoms with van der Waals surface area (Å²) in [5.41, 5.74) is 1.29. The van der Waals surface area contributed by atoms with Crippen LogP contribution >= 0.6 is 0 Å². The van der Waals surface area contributed by atoms with Crippen LogP contribution in [0.25, 0.3) is 0 Å². The second-order valence-corrected chi connectivity index (χ2v) is 16.4. The van der Waals surface area contributed by atoms with Crippen molar-refractivity contribution in [3.05, 3.63) is 0 Å². The highest BCUT2D eigenvalue weighted by Gasteiger charge is 2.81. The summed E-state index contributed by atoms with van der Waals surface area (Å²) in [6, 6.07) is 0. The number of ether oxygens (including phenoxy) is 3. The Bertz CT molecular complexity index is 1070. The molecule has 2 spiro atoms. The maximum atomic E-state index is 12.7. The van der Waals surface area contributed by atoms with Crippen molar-refractivity contribution in [2.75, 3.05) is 20.1 Å². The Balaban J connectivity index is 1.07. The van der Waals surface area contributed by atoms with E-state index in [2.05, 4.69) is 39.9 Å². The van der Waals surface area contributed by atoms with E-state index < -0.39 is 0 Å². The predicted molar refractivity (Wildman–Crippen MR) is 156 cm³/mol. The van der Waals surface area contributed by atoms with Gasteiger partial charge in [0.25, 0.3) is 0 Å². The van der Waals surface area contributed by atoms with Gasteiger partial charge < -0.3 is 24.4 Å². The molecule has 11 atom stereocenters. The zero-order valence-electron chi connectivity index (χ0n) is 26.4. The number of likely N-dealkylation sites (tertiary alicyclic amines) is 1. The van der Waals surface area contributed by atoms with Crippen LogP contribution in [0.4, 0.5) is 9.59 Å². The van der Waals surface area contributed by atoms with E-state index >= 15 is 0 Å². The van der Waals surface area contributed by atoms with Gasteiger partial charge in [-0.2, -0.15) is 0 Å². The summed E-state index contributed by atoms with van der Waals surface area (Å²) < 4.78 is 19.0. The molecular weight excluding hydrogens is 516 g/mol. The predicted octanol–water partition coefficient (Wildman–Crippen LogP) is 6.78. The first-order chi connectivity index (χ1) is 19.5. The summed E-state index contributed by atoms with van der Waals surface area (Å²) in [6.07, 6.45) is 13.1. The van der Waals surface area contributed by atoms with Gasteiger partial charge in [0.2, 0.25) is 0 Å².